The first-order chi connectivity index (χ1) is 17.7. The number of thiophene rings is 1. The number of aliphatic carboxylic acids is 1. The molecule has 0 radical (unpaired) electrons. The van der Waals surface area contributed by atoms with Gasteiger partial charge in [0.05, 0.1) is 17.2 Å². The van der Waals surface area contributed by atoms with Crippen LogP contribution in [-0.2, 0) is 4.79 Å². The van der Waals surface area contributed by atoms with Crippen molar-refractivity contribution in [2.75, 3.05) is 5.32 Å². The van der Waals surface area contributed by atoms with Gasteiger partial charge in [0.15, 0.2) is 5.82 Å². The fourth-order valence-electron chi connectivity index (χ4n) is 4.27. The number of benzene rings is 1. The van der Waals surface area contributed by atoms with Crippen LogP contribution >= 0.6 is 27.3 Å². The predicted octanol–water partition coefficient (Wildman–Crippen LogP) is 5.28. The molecular formula is C26H23BrN6O3S. The van der Waals surface area contributed by atoms with Gasteiger partial charge in [-0.1, -0.05) is 12.1 Å². The Bertz CT molecular complexity index is 1570. The molecule has 2 atom stereocenters. The summed E-state index contributed by atoms with van der Waals surface area (Å²) in [6, 6.07) is 8.35. The summed E-state index contributed by atoms with van der Waals surface area (Å²) < 4.78 is 2.65. The minimum absolute atomic E-state index is 0.274. The van der Waals surface area contributed by atoms with Crippen molar-refractivity contribution >= 4 is 50.5 Å². The number of carbonyl (C=O) groups excluding carboxylic acids is 1. The molecule has 3 aromatic heterocycles. The number of carbonyl (C=O) groups is 2. The first-order valence-electron chi connectivity index (χ1n) is 11.5. The van der Waals surface area contributed by atoms with Gasteiger partial charge in [-0.25, -0.2) is 0 Å². The molecule has 0 saturated heterocycles. The molecular weight excluding hydrogens is 556 g/mol. The van der Waals surface area contributed by atoms with E-state index in [2.05, 4.69) is 43.4 Å². The Morgan fingerprint density at radius 3 is 2.54 bits per heavy atom. The molecule has 4 aromatic rings. The summed E-state index contributed by atoms with van der Waals surface area (Å²) in [7, 11) is 0. The fraction of sp³-hybridized carbons (Fsp3) is 0.231. The zero-order chi connectivity index (χ0) is 26.4. The van der Waals surface area contributed by atoms with E-state index in [0.717, 1.165) is 31.0 Å². The molecule has 0 saturated carbocycles. The number of carboxylic acids is 1. The second-order valence-electron chi connectivity index (χ2n) is 8.88. The predicted molar refractivity (Wildman–Crippen MR) is 145 cm³/mol. The molecule has 1 aromatic carbocycles. The van der Waals surface area contributed by atoms with Crippen LogP contribution < -0.4 is 5.32 Å². The highest BCUT2D eigenvalue weighted by Crippen LogP contribution is 2.40. The Morgan fingerprint density at radius 1 is 1.14 bits per heavy atom. The van der Waals surface area contributed by atoms with E-state index in [0.29, 0.717) is 28.6 Å². The fourth-order valence-corrected chi connectivity index (χ4v) is 5.85. The minimum Gasteiger partial charge on any atom is -0.481 e. The van der Waals surface area contributed by atoms with Crippen LogP contribution in [-0.4, -0.2) is 42.4 Å². The topological polar surface area (TPSA) is 122 Å². The van der Waals surface area contributed by atoms with Crippen LogP contribution in [0, 0.1) is 26.7 Å². The molecule has 1 amide bonds. The molecule has 188 valence electrons. The number of hydrogen-bond donors (Lipinski definition) is 2. The highest BCUT2D eigenvalue weighted by molar-refractivity contribution is 9.10. The van der Waals surface area contributed by atoms with Crippen molar-refractivity contribution < 1.29 is 14.7 Å². The summed E-state index contributed by atoms with van der Waals surface area (Å²) >= 11 is 4.94. The molecule has 11 heteroatoms. The van der Waals surface area contributed by atoms with Crippen molar-refractivity contribution in [3.63, 3.8) is 0 Å². The number of carboxylic acid groups (broad SMARTS) is 1. The van der Waals surface area contributed by atoms with Crippen molar-refractivity contribution in [2.24, 2.45) is 10.9 Å². The molecule has 2 N–H and O–H groups in total. The molecule has 0 bridgehead atoms. The van der Waals surface area contributed by atoms with Crippen LogP contribution in [0.15, 0.2) is 52.2 Å². The summed E-state index contributed by atoms with van der Waals surface area (Å²) in [5, 5.41) is 22.2. The van der Waals surface area contributed by atoms with Crippen LogP contribution in [0.5, 0.6) is 0 Å². The van der Waals surface area contributed by atoms with Crippen molar-refractivity contribution in [1.82, 2.24) is 19.7 Å². The average molecular weight is 579 g/mol. The van der Waals surface area contributed by atoms with E-state index < -0.39 is 17.9 Å². The summed E-state index contributed by atoms with van der Waals surface area (Å²) in [6.07, 6.45) is 3.12. The number of halogens is 1. The van der Waals surface area contributed by atoms with Gasteiger partial charge in [-0.05, 0) is 67.4 Å². The number of fused-ring (bicyclic) bond motifs is 3. The second kappa shape index (κ2) is 9.64. The Morgan fingerprint density at radius 2 is 1.86 bits per heavy atom. The van der Waals surface area contributed by atoms with Crippen molar-refractivity contribution in [1.29, 1.82) is 0 Å². The van der Waals surface area contributed by atoms with Gasteiger partial charge < -0.3 is 10.4 Å². The lowest BCUT2D eigenvalue weighted by Gasteiger charge is -2.16. The maximum atomic E-state index is 12.7. The normalized spacial score (nSPS) is 15.3. The molecule has 4 heterocycles. The van der Waals surface area contributed by atoms with Gasteiger partial charge in [-0.2, -0.15) is 0 Å². The average Bonchev–Trinajstić information content (AvgIpc) is 3.34. The molecule has 0 aliphatic carbocycles. The lowest BCUT2D eigenvalue weighted by molar-refractivity contribution is -0.141. The first-order valence-corrected chi connectivity index (χ1v) is 13.1. The van der Waals surface area contributed by atoms with E-state index in [1.807, 2.05) is 30.5 Å². The maximum Gasteiger partial charge on any atom is 0.308 e. The molecule has 5 rings (SSSR count). The highest BCUT2D eigenvalue weighted by Gasteiger charge is 2.36. The number of anilines is 1. The molecule has 0 spiro atoms. The third-order valence-electron chi connectivity index (χ3n) is 6.44. The number of hydrogen-bond acceptors (Lipinski definition) is 7. The van der Waals surface area contributed by atoms with E-state index in [4.69, 9.17) is 4.99 Å². The number of rotatable bonds is 5. The zero-order valence-corrected chi connectivity index (χ0v) is 22.9. The van der Waals surface area contributed by atoms with Crippen LogP contribution in [0.2, 0.25) is 0 Å². The summed E-state index contributed by atoms with van der Waals surface area (Å²) in [4.78, 5) is 34.8. The van der Waals surface area contributed by atoms with Gasteiger partial charge in [0.25, 0.3) is 5.91 Å². The number of aromatic nitrogens is 4. The van der Waals surface area contributed by atoms with Gasteiger partial charge >= 0.3 is 5.97 Å². The van der Waals surface area contributed by atoms with Gasteiger partial charge in [0, 0.05) is 38.6 Å². The summed E-state index contributed by atoms with van der Waals surface area (Å²) in [6.45, 7) is 7.59. The summed E-state index contributed by atoms with van der Waals surface area (Å²) in [5.41, 5.74) is 4.55. The van der Waals surface area contributed by atoms with E-state index in [1.54, 1.807) is 42.7 Å². The van der Waals surface area contributed by atoms with Crippen molar-refractivity contribution in [3.05, 3.63) is 86.0 Å². The number of amides is 1. The van der Waals surface area contributed by atoms with Gasteiger partial charge in [0.2, 0.25) is 0 Å². The lowest BCUT2D eigenvalue weighted by atomic mass is 9.98. The van der Waals surface area contributed by atoms with Crippen molar-refractivity contribution in [2.45, 2.75) is 33.7 Å². The number of pyridine rings is 1. The number of aliphatic imine (C=N–C) groups is 1. The second-order valence-corrected chi connectivity index (χ2v) is 11.0. The van der Waals surface area contributed by atoms with Gasteiger partial charge in [0.1, 0.15) is 16.9 Å². The Kier molecular flexibility index (Phi) is 6.50. The Hall–Kier alpha value is -3.70. The third kappa shape index (κ3) is 4.49. The first kappa shape index (κ1) is 25.0. The third-order valence-corrected chi connectivity index (χ3v) is 8.06. The zero-order valence-electron chi connectivity index (χ0n) is 20.5. The van der Waals surface area contributed by atoms with E-state index in [9.17, 15) is 14.7 Å². The molecule has 0 fully saturated rings. The Balaban J connectivity index is 1.58. The smallest absolute Gasteiger partial charge is 0.308 e. The van der Waals surface area contributed by atoms with Gasteiger partial charge in [-0.3, -0.25) is 24.1 Å². The minimum atomic E-state index is -0.960. The quantitative estimate of drug-likeness (QED) is 0.332. The monoisotopic (exact) mass is 578 g/mol. The molecule has 1 aliphatic rings. The molecule has 1 unspecified atom stereocenters. The summed E-state index contributed by atoms with van der Waals surface area (Å²) in [5.74, 6) is -0.861. The number of nitrogens with zero attached hydrogens (tertiary/aromatic N) is 5. The van der Waals surface area contributed by atoms with E-state index in [1.165, 1.54) is 6.20 Å². The molecule has 1 aliphatic heterocycles. The Labute approximate surface area is 225 Å². The molecule has 37 heavy (non-hydrogen) atoms. The van der Waals surface area contributed by atoms with Crippen LogP contribution in [0.1, 0.15) is 56.5 Å². The van der Waals surface area contributed by atoms with Gasteiger partial charge in [-0.15, -0.1) is 21.5 Å². The molecule has 9 nitrogen and oxygen atoms in total. The largest absolute Gasteiger partial charge is 0.481 e. The number of aryl methyl sites for hydroxylation is 2. The van der Waals surface area contributed by atoms with Crippen molar-refractivity contribution in [3.8, 4) is 5.00 Å². The van der Waals surface area contributed by atoms with Crippen LogP contribution in [0.3, 0.4) is 0 Å². The van der Waals surface area contributed by atoms with E-state index in [-0.39, 0.29) is 5.91 Å². The number of nitrogens with one attached hydrogen (secondary N) is 1. The maximum absolute atomic E-state index is 12.7. The van der Waals surface area contributed by atoms with Crippen LogP contribution in [0.25, 0.3) is 5.00 Å². The highest BCUT2D eigenvalue weighted by atomic mass is 79.9. The van der Waals surface area contributed by atoms with Crippen LogP contribution in [0.4, 0.5) is 5.69 Å². The SMILES string of the molecule is Cc1sc2c(c1C)C(c1ccc(NC(=O)c3cncc(Br)c3)cc1)=N[C@@H](C(C)C(=O)O)c1nnc(C)n1-2. The van der Waals surface area contributed by atoms with E-state index >= 15 is 0 Å². The lowest BCUT2D eigenvalue weighted by Crippen LogP contribution is -2.21. The standard InChI is InChI=1S/C26H23BrN6O3S/c1-12-14(3)37-25-20(12)22(30-21(13(2)26(35)36)23-32-31-15(4)33(23)25)16-5-7-19(8-6-16)29-24(34)17-9-18(27)11-28-10-17/h5-11,13,21H,1-4H3,(H,29,34)(H,35,36)/t13?,21-/m0/s1.